The van der Waals surface area contributed by atoms with E-state index in [1.165, 1.54) is 12.1 Å². The summed E-state index contributed by atoms with van der Waals surface area (Å²) in [5.41, 5.74) is 2.25. The molecule has 2 aromatic rings. The van der Waals surface area contributed by atoms with E-state index in [9.17, 15) is 14.0 Å². The maximum Gasteiger partial charge on any atom is 0.258 e. The molecular formula is C27H36FN3O3. The summed E-state index contributed by atoms with van der Waals surface area (Å²) >= 11 is 0. The Kier molecular flexibility index (Phi) is 8.31. The lowest BCUT2D eigenvalue weighted by atomic mass is 9.91. The standard InChI is InChI=1S/C27H36FN3O3/c1-27(2,3)16-25(32)31(18-21-9-8-14-34-21)17-19-15-20(12-13-24(19)30(4)5)29-26(33)22-10-6-7-11-23(22)28/h6-7,10-13,15,21H,8-9,14,16-18H2,1-5H3,(H,29,33)/t21-/m0/s1. The molecule has 0 saturated carbocycles. The summed E-state index contributed by atoms with van der Waals surface area (Å²) in [4.78, 5) is 29.8. The number of benzene rings is 2. The van der Waals surface area contributed by atoms with Crippen molar-refractivity contribution in [1.29, 1.82) is 0 Å². The van der Waals surface area contributed by atoms with E-state index < -0.39 is 11.7 Å². The van der Waals surface area contributed by atoms with Crippen LogP contribution in [0.5, 0.6) is 0 Å². The summed E-state index contributed by atoms with van der Waals surface area (Å²) < 4.78 is 19.9. The lowest BCUT2D eigenvalue weighted by molar-refractivity contribution is -0.135. The first kappa shape index (κ1) is 25.7. The van der Waals surface area contributed by atoms with Crippen molar-refractivity contribution in [3.8, 4) is 0 Å². The molecule has 0 aromatic heterocycles. The molecule has 1 aliphatic rings. The molecule has 0 aliphatic carbocycles. The summed E-state index contributed by atoms with van der Waals surface area (Å²) in [6, 6.07) is 11.5. The summed E-state index contributed by atoms with van der Waals surface area (Å²) in [5.74, 6) is -1.00. The van der Waals surface area contributed by atoms with Gasteiger partial charge in [-0.3, -0.25) is 9.59 Å². The second-order valence-electron chi connectivity index (χ2n) is 10.3. The van der Waals surface area contributed by atoms with Gasteiger partial charge in [-0.1, -0.05) is 32.9 Å². The van der Waals surface area contributed by atoms with Gasteiger partial charge in [-0.2, -0.15) is 0 Å². The minimum atomic E-state index is -0.569. The van der Waals surface area contributed by atoms with Gasteiger partial charge < -0.3 is 19.9 Å². The molecule has 184 valence electrons. The maximum atomic E-state index is 14.1. The number of hydrogen-bond acceptors (Lipinski definition) is 4. The molecule has 34 heavy (non-hydrogen) atoms. The zero-order valence-corrected chi connectivity index (χ0v) is 20.9. The largest absolute Gasteiger partial charge is 0.377 e. The third-order valence-corrected chi connectivity index (χ3v) is 5.78. The maximum absolute atomic E-state index is 14.1. The monoisotopic (exact) mass is 469 g/mol. The number of rotatable bonds is 8. The van der Waals surface area contributed by atoms with Gasteiger partial charge in [0.25, 0.3) is 5.91 Å². The number of nitrogens with zero attached hydrogens (tertiary/aromatic N) is 2. The molecule has 1 saturated heterocycles. The summed E-state index contributed by atoms with van der Waals surface area (Å²) in [5, 5.41) is 2.79. The van der Waals surface area contributed by atoms with Crippen LogP contribution in [-0.2, 0) is 16.1 Å². The van der Waals surface area contributed by atoms with Gasteiger partial charge in [0.15, 0.2) is 0 Å². The van der Waals surface area contributed by atoms with Crippen LogP contribution in [0.2, 0.25) is 0 Å². The van der Waals surface area contributed by atoms with E-state index in [-0.39, 0.29) is 23.0 Å². The number of amides is 2. The third kappa shape index (κ3) is 7.03. The predicted molar refractivity (Wildman–Crippen MR) is 134 cm³/mol. The highest BCUT2D eigenvalue weighted by atomic mass is 19.1. The van der Waals surface area contributed by atoms with Crippen LogP contribution in [0.1, 0.15) is 56.0 Å². The van der Waals surface area contributed by atoms with Crippen molar-refractivity contribution >= 4 is 23.2 Å². The summed E-state index contributed by atoms with van der Waals surface area (Å²) in [6.07, 6.45) is 2.42. The lowest BCUT2D eigenvalue weighted by Gasteiger charge is -2.30. The fourth-order valence-corrected chi connectivity index (χ4v) is 4.13. The van der Waals surface area contributed by atoms with Gasteiger partial charge in [0, 0.05) is 51.6 Å². The van der Waals surface area contributed by atoms with E-state index in [1.807, 2.05) is 36.0 Å². The number of carbonyl (C=O) groups is 2. The number of carbonyl (C=O) groups excluding carboxylic acids is 2. The number of nitrogens with one attached hydrogen (secondary N) is 1. The SMILES string of the molecule is CN(C)c1ccc(NC(=O)c2ccccc2F)cc1CN(C[C@@H]1CCCO1)C(=O)CC(C)(C)C. The van der Waals surface area contributed by atoms with Gasteiger partial charge in [0.2, 0.25) is 5.91 Å². The van der Waals surface area contributed by atoms with Crippen molar-refractivity contribution in [3.63, 3.8) is 0 Å². The second kappa shape index (κ2) is 11.0. The predicted octanol–water partition coefficient (Wildman–Crippen LogP) is 5.09. The Balaban J connectivity index is 1.86. The Hall–Kier alpha value is -2.93. The van der Waals surface area contributed by atoms with Crippen LogP contribution in [0.4, 0.5) is 15.8 Å². The lowest BCUT2D eigenvalue weighted by Crippen LogP contribution is -2.38. The van der Waals surface area contributed by atoms with Crippen LogP contribution in [0.3, 0.4) is 0 Å². The molecule has 1 heterocycles. The van der Waals surface area contributed by atoms with Crippen LogP contribution in [-0.4, -0.2) is 50.1 Å². The Morgan fingerprint density at radius 2 is 1.88 bits per heavy atom. The van der Waals surface area contributed by atoms with E-state index in [0.29, 0.717) is 25.2 Å². The molecule has 0 bridgehead atoms. The number of ether oxygens (including phenoxy) is 1. The first-order chi connectivity index (χ1) is 16.0. The molecule has 1 aliphatic heterocycles. The molecule has 2 aromatic carbocycles. The van der Waals surface area contributed by atoms with Crippen molar-refractivity contribution in [1.82, 2.24) is 4.90 Å². The minimum Gasteiger partial charge on any atom is -0.377 e. The molecule has 7 heteroatoms. The van der Waals surface area contributed by atoms with Gasteiger partial charge in [-0.05, 0) is 54.2 Å². The second-order valence-corrected chi connectivity index (χ2v) is 10.3. The topological polar surface area (TPSA) is 61.9 Å². The van der Waals surface area contributed by atoms with Crippen LogP contribution in [0.15, 0.2) is 42.5 Å². The van der Waals surface area contributed by atoms with Crippen molar-refractivity contribution in [2.24, 2.45) is 5.41 Å². The average molecular weight is 470 g/mol. The molecule has 1 atom stereocenters. The smallest absolute Gasteiger partial charge is 0.258 e. The van der Waals surface area contributed by atoms with Crippen molar-refractivity contribution < 1.29 is 18.7 Å². The Labute approximate surface area is 202 Å². The molecule has 0 spiro atoms. The van der Waals surface area contributed by atoms with E-state index in [0.717, 1.165) is 30.7 Å². The molecule has 1 N–H and O–H groups in total. The fourth-order valence-electron chi connectivity index (χ4n) is 4.13. The Morgan fingerprint density at radius 1 is 1.15 bits per heavy atom. The van der Waals surface area contributed by atoms with Crippen molar-refractivity contribution in [3.05, 3.63) is 59.4 Å². The van der Waals surface area contributed by atoms with Crippen LogP contribution in [0.25, 0.3) is 0 Å². The molecule has 0 unspecified atom stereocenters. The molecule has 2 amide bonds. The van der Waals surface area contributed by atoms with Gasteiger partial charge in [-0.25, -0.2) is 4.39 Å². The van der Waals surface area contributed by atoms with Crippen LogP contribution >= 0.6 is 0 Å². The molecule has 1 fully saturated rings. The Bertz CT molecular complexity index is 1010. The van der Waals surface area contributed by atoms with Gasteiger partial charge in [-0.15, -0.1) is 0 Å². The average Bonchev–Trinajstić information content (AvgIpc) is 3.25. The van der Waals surface area contributed by atoms with E-state index in [4.69, 9.17) is 4.74 Å². The zero-order valence-electron chi connectivity index (χ0n) is 20.9. The first-order valence-electron chi connectivity index (χ1n) is 11.8. The van der Waals surface area contributed by atoms with Crippen molar-refractivity contribution in [2.45, 2.75) is 52.7 Å². The van der Waals surface area contributed by atoms with E-state index >= 15 is 0 Å². The van der Waals surface area contributed by atoms with Crippen molar-refractivity contribution in [2.75, 3.05) is 37.5 Å². The fraction of sp³-hybridized carbons (Fsp3) is 0.481. The van der Waals surface area contributed by atoms with Crippen LogP contribution in [0, 0.1) is 11.2 Å². The van der Waals surface area contributed by atoms with Gasteiger partial charge >= 0.3 is 0 Å². The first-order valence-corrected chi connectivity index (χ1v) is 11.8. The third-order valence-electron chi connectivity index (χ3n) is 5.78. The summed E-state index contributed by atoms with van der Waals surface area (Å²) in [7, 11) is 3.88. The molecular weight excluding hydrogens is 433 g/mol. The highest BCUT2D eigenvalue weighted by Gasteiger charge is 2.27. The van der Waals surface area contributed by atoms with Gasteiger partial charge in [0.05, 0.1) is 11.7 Å². The summed E-state index contributed by atoms with van der Waals surface area (Å²) in [6.45, 7) is 7.82. The minimum absolute atomic E-state index is 0.0129. The number of hydrogen-bond donors (Lipinski definition) is 1. The van der Waals surface area contributed by atoms with Gasteiger partial charge in [0.1, 0.15) is 5.82 Å². The van der Waals surface area contributed by atoms with E-state index in [2.05, 4.69) is 26.1 Å². The highest BCUT2D eigenvalue weighted by Crippen LogP contribution is 2.28. The quantitative estimate of drug-likeness (QED) is 0.585. The Morgan fingerprint density at radius 3 is 2.50 bits per heavy atom. The molecule has 6 nitrogen and oxygen atoms in total. The molecule has 3 rings (SSSR count). The normalized spacial score (nSPS) is 15.8. The van der Waals surface area contributed by atoms with Crippen LogP contribution < -0.4 is 10.2 Å². The zero-order chi connectivity index (χ0) is 24.9. The van der Waals surface area contributed by atoms with E-state index in [1.54, 1.807) is 18.2 Å². The highest BCUT2D eigenvalue weighted by molar-refractivity contribution is 6.04. The number of anilines is 2. The number of halogens is 1. The molecule has 0 radical (unpaired) electrons.